The van der Waals surface area contributed by atoms with Gasteiger partial charge in [0.2, 0.25) is 0 Å². The highest BCUT2D eigenvalue weighted by Crippen LogP contribution is 2.29. The monoisotopic (exact) mass is 333 g/mol. The molecule has 0 aromatic rings. The lowest BCUT2D eigenvalue weighted by Crippen LogP contribution is -2.36. The summed E-state index contributed by atoms with van der Waals surface area (Å²) in [5, 5.41) is 3.27. The van der Waals surface area contributed by atoms with Crippen LogP contribution in [0.4, 0.5) is 4.79 Å². The van der Waals surface area contributed by atoms with Gasteiger partial charge in [0.25, 0.3) is 0 Å². The van der Waals surface area contributed by atoms with Crippen molar-refractivity contribution in [2.24, 2.45) is 11.8 Å². The number of hydrogen-bond donors (Lipinski definition) is 1. The maximum absolute atomic E-state index is 11.6. The van der Waals surface area contributed by atoms with Gasteiger partial charge in [0.1, 0.15) is 11.4 Å². The van der Waals surface area contributed by atoms with Crippen LogP contribution in [0.2, 0.25) is 0 Å². The van der Waals surface area contributed by atoms with Crippen molar-refractivity contribution in [1.29, 1.82) is 0 Å². The van der Waals surface area contributed by atoms with E-state index in [-0.39, 0.29) is 12.0 Å². The number of alkyl carbamates (subject to hydrolysis) is 1. The highest BCUT2D eigenvalue weighted by molar-refractivity contribution is 9.09. The summed E-state index contributed by atoms with van der Waals surface area (Å²) in [6.45, 7) is 6.20. The van der Waals surface area contributed by atoms with E-state index < -0.39 is 5.60 Å². The minimum absolute atomic E-state index is 0.206. The summed E-state index contributed by atoms with van der Waals surface area (Å²) in [5.74, 6) is 0.975. The molecule has 1 N–H and O–H groups in total. The summed E-state index contributed by atoms with van der Waals surface area (Å²) in [4.78, 5) is 23.1. The Bertz CT molecular complexity index is 317. The van der Waals surface area contributed by atoms with Crippen molar-refractivity contribution in [2.75, 3.05) is 11.9 Å². The Balaban J connectivity index is 2.23. The Kier molecular flexibility index (Phi) is 6.30. The Morgan fingerprint density at radius 3 is 2.26 bits per heavy atom. The van der Waals surface area contributed by atoms with Gasteiger partial charge < -0.3 is 10.1 Å². The lowest BCUT2D eigenvalue weighted by Gasteiger charge is -2.28. The number of Topliss-reactive ketones (excluding diaryl/α,β-unsaturated/α-hetero) is 1. The molecule has 1 fully saturated rings. The predicted octanol–water partition coefficient (Wildman–Crippen LogP) is 3.28. The van der Waals surface area contributed by atoms with E-state index >= 15 is 0 Å². The number of nitrogens with one attached hydrogen (secondary N) is 1. The van der Waals surface area contributed by atoms with Crippen LogP contribution in [0.5, 0.6) is 0 Å². The fourth-order valence-corrected chi connectivity index (χ4v) is 2.80. The molecule has 0 saturated heterocycles. The van der Waals surface area contributed by atoms with Gasteiger partial charge in [0, 0.05) is 12.5 Å². The van der Waals surface area contributed by atoms with E-state index in [4.69, 9.17) is 4.74 Å². The van der Waals surface area contributed by atoms with Crippen LogP contribution >= 0.6 is 15.9 Å². The van der Waals surface area contributed by atoms with Crippen LogP contribution in [0.25, 0.3) is 0 Å². The fourth-order valence-electron chi connectivity index (χ4n) is 2.34. The van der Waals surface area contributed by atoms with Crippen LogP contribution in [-0.2, 0) is 9.53 Å². The molecule has 0 heterocycles. The predicted molar refractivity (Wildman–Crippen MR) is 78.5 cm³/mol. The van der Waals surface area contributed by atoms with Gasteiger partial charge in [-0.2, -0.15) is 0 Å². The Morgan fingerprint density at radius 2 is 1.79 bits per heavy atom. The summed E-state index contributed by atoms with van der Waals surface area (Å²) in [6.07, 6.45) is 3.51. The molecule has 19 heavy (non-hydrogen) atoms. The Hall–Kier alpha value is -0.580. The third-order valence-corrected chi connectivity index (χ3v) is 3.92. The highest BCUT2D eigenvalue weighted by atomic mass is 79.9. The normalized spacial score (nSPS) is 23.8. The standard InChI is InChI=1S/C14H24BrNO3/c1-14(2,3)19-13(18)16-9-10-4-6-11(7-5-10)12(17)8-15/h10-11H,4-9H2,1-3H3,(H,16,18). The second-order valence-electron chi connectivity index (χ2n) is 6.20. The summed E-state index contributed by atoms with van der Waals surface area (Å²) >= 11 is 3.22. The van der Waals surface area contributed by atoms with Crippen molar-refractivity contribution in [3.63, 3.8) is 0 Å². The van der Waals surface area contributed by atoms with Crippen LogP contribution in [-0.4, -0.2) is 29.4 Å². The molecule has 5 heteroatoms. The van der Waals surface area contributed by atoms with Crippen molar-refractivity contribution in [2.45, 2.75) is 52.1 Å². The van der Waals surface area contributed by atoms with Crippen LogP contribution < -0.4 is 5.32 Å². The van der Waals surface area contributed by atoms with Crippen LogP contribution in [0, 0.1) is 11.8 Å². The van der Waals surface area contributed by atoms with E-state index in [9.17, 15) is 9.59 Å². The molecule has 1 aliphatic rings. The van der Waals surface area contributed by atoms with E-state index in [1.165, 1.54) is 0 Å². The maximum atomic E-state index is 11.6. The van der Waals surface area contributed by atoms with Gasteiger partial charge in [0.05, 0.1) is 5.33 Å². The molecule has 1 amide bonds. The van der Waals surface area contributed by atoms with Crippen molar-refractivity contribution in [3.05, 3.63) is 0 Å². The minimum atomic E-state index is -0.454. The zero-order chi connectivity index (χ0) is 14.5. The summed E-state index contributed by atoms with van der Waals surface area (Å²) in [6, 6.07) is 0. The number of ketones is 1. The van der Waals surface area contributed by atoms with Crippen LogP contribution in [0.15, 0.2) is 0 Å². The van der Waals surface area contributed by atoms with Gasteiger partial charge in [-0.3, -0.25) is 4.79 Å². The lowest BCUT2D eigenvalue weighted by atomic mass is 9.80. The molecule has 0 aliphatic heterocycles. The minimum Gasteiger partial charge on any atom is -0.444 e. The second-order valence-corrected chi connectivity index (χ2v) is 6.76. The molecule has 0 aromatic heterocycles. The Labute approximate surface area is 123 Å². The average molecular weight is 334 g/mol. The zero-order valence-electron chi connectivity index (χ0n) is 12.0. The third-order valence-electron chi connectivity index (χ3n) is 3.37. The smallest absolute Gasteiger partial charge is 0.407 e. The van der Waals surface area contributed by atoms with E-state index in [1.54, 1.807) is 0 Å². The molecule has 0 atom stereocenters. The van der Waals surface area contributed by atoms with Gasteiger partial charge in [0.15, 0.2) is 0 Å². The molecule has 0 aromatic carbocycles. The first kappa shape index (κ1) is 16.5. The quantitative estimate of drug-likeness (QED) is 0.803. The number of hydrogen-bond acceptors (Lipinski definition) is 3. The molecule has 1 aliphatic carbocycles. The number of carbonyl (C=O) groups is 2. The number of ether oxygens (including phenoxy) is 1. The summed E-state index contributed by atoms with van der Waals surface area (Å²) < 4.78 is 5.20. The van der Waals surface area contributed by atoms with E-state index in [0.29, 0.717) is 23.6 Å². The van der Waals surface area contributed by atoms with Crippen molar-refractivity contribution in [1.82, 2.24) is 5.32 Å². The molecule has 1 rings (SSSR count). The number of halogens is 1. The van der Waals surface area contributed by atoms with E-state index in [2.05, 4.69) is 21.2 Å². The van der Waals surface area contributed by atoms with Gasteiger partial charge in [-0.1, -0.05) is 15.9 Å². The van der Waals surface area contributed by atoms with Crippen LogP contribution in [0.1, 0.15) is 46.5 Å². The SMILES string of the molecule is CC(C)(C)OC(=O)NCC1CCC(C(=O)CBr)CC1. The van der Waals surface area contributed by atoms with Crippen molar-refractivity contribution < 1.29 is 14.3 Å². The first-order chi connectivity index (χ1) is 8.81. The third kappa shape index (κ3) is 6.41. The maximum Gasteiger partial charge on any atom is 0.407 e. The number of alkyl halides is 1. The topological polar surface area (TPSA) is 55.4 Å². The molecular weight excluding hydrogens is 310 g/mol. The second kappa shape index (κ2) is 7.27. The molecule has 1 saturated carbocycles. The van der Waals surface area contributed by atoms with E-state index in [1.807, 2.05) is 20.8 Å². The first-order valence-electron chi connectivity index (χ1n) is 6.87. The molecule has 0 bridgehead atoms. The highest BCUT2D eigenvalue weighted by Gasteiger charge is 2.26. The lowest BCUT2D eigenvalue weighted by molar-refractivity contribution is -0.121. The summed E-state index contributed by atoms with van der Waals surface area (Å²) in [7, 11) is 0. The van der Waals surface area contributed by atoms with Gasteiger partial charge in [-0.15, -0.1) is 0 Å². The van der Waals surface area contributed by atoms with E-state index in [0.717, 1.165) is 25.7 Å². The van der Waals surface area contributed by atoms with Gasteiger partial charge >= 0.3 is 6.09 Å². The molecule has 0 unspecified atom stereocenters. The number of rotatable bonds is 4. The van der Waals surface area contributed by atoms with Gasteiger partial charge in [-0.05, 0) is 52.4 Å². The first-order valence-corrected chi connectivity index (χ1v) is 7.99. The fraction of sp³-hybridized carbons (Fsp3) is 0.857. The molecule has 4 nitrogen and oxygen atoms in total. The van der Waals surface area contributed by atoms with Crippen molar-refractivity contribution in [3.8, 4) is 0 Å². The Morgan fingerprint density at radius 1 is 1.21 bits per heavy atom. The van der Waals surface area contributed by atoms with Gasteiger partial charge in [-0.25, -0.2) is 4.79 Å². The molecular formula is C14H24BrNO3. The summed E-state index contributed by atoms with van der Waals surface area (Å²) in [5.41, 5.74) is -0.454. The van der Waals surface area contributed by atoms with Crippen molar-refractivity contribution >= 4 is 27.8 Å². The number of amides is 1. The largest absolute Gasteiger partial charge is 0.444 e. The van der Waals surface area contributed by atoms with Crippen LogP contribution in [0.3, 0.4) is 0 Å². The molecule has 110 valence electrons. The average Bonchev–Trinajstić information content (AvgIpc) is 2.34. The molecule has 0 spiro atoms. The number of carbonyl (C=O) groups excluding carboxylic acids is 2. The zero-order valence-corrected chi connectivity index (χ0v) is 13.6. The molecule has 0 radical (unpaired) electrons.